The number of carbonyl (C=O) groups is 1. The van der Waals surface area contributed by atoms with Crippen molar-refractivity contribution in [3.63, 3.8) is 0 Å². The standard InChI is InChI=1S/C30H30F3N5O3/c1-38(2)17-19-4-3-5-23(14-19)20-10-12-22(13-11-20)27(30(31,32)33)41-26-16-25(36-29(35)37-26)21-8-6-18(7-9-21)15-24(34)28(39)40/h3-14,16,24,27H,15,17,34H2,1-2H3,(H,39,40)(H2,35,36,37). The molecule has 0 spiro atoms. The molecule has 2 unspecified atom stereocenters. The lowest BCUT2D eigenvalue weighted by Crippen LogP contribution is -2.32. The zero-order valence-electron chi connectivity index (χ0n) is 22.5. The minimum absolute atomic E-state index is 0.0939. The van der Waals surface area contributed by atoms with Gasteiger partial charge < -0.3 is 26.2 Å². The van der Waals surface area contributed by atoms with E-state index in [2.05, 4.69) is 9.97 Å². The highest BCUT2D eigenvalue weighted by molar-refractivity contribution is 5.73. The Hall–Kier alpha value is -4.48. The zero-order valence-corrected chi connectivity index (χ0v) is 22.5. The van der Waals surface area contributed by atoms with Gasteiger partial charge in [0, 0.05) is 23.7 Å². The van der Waals surface area contributed by atoms with Crippen molar-refractivity contribution in [1.29, 1.82) is 0 Å². The Kier molecular flexibility index (Phi) is 8.89. The number of nitrogens with two attached hydrogens (primary N) is 2. The van der Waals surface area contributed by atoms with Crippen molar-refractivity contribution in [3.8, 4) is 28.3 Å². The predicted molar refractivity (Wildman–Crippen MR) is 150 cm³/mol. The lowest BCUT2D eigenvalue weighted by molar-refractivity contribution is -0.198. The summed E-state index contributed by atoms with van der Waals surface area (Å²) in [6.07, 6.45) is -6.92. The molecule has 0 aliphatic rings. The number of anilines is 1. The van der Waals surface area contributed by atoms with Gasteiger partial charge in [0.15, 0.2) is 0 Å². The summed E-state index contributed by atoms with van der Waals surface area (Å²) in [6.45, 7) is 0.739. The molecule has 5 N–H and O–H groups in total. The van der Waals surface area contributed by atoms with Crippen LogP contribution in [0.2, 0.25) is 0 Å². The van der Waals surface area contributed by atoms with E-state index in [1.807, 2.05) is 43.3 Å². The molecule has 0 amide bonds. The van der Waals surface area contributed by atoms with Crippen molar-refractivity contribution in [2.75, 3.05) is 19.8 Å². The Morgan fingerprint density at radius 2 is 1.59 bits per heavy atom. The highest BCUT2D eigenvalue weighted by atomic mass is 19.4. The SMILES string of the molecule is CN(C)Cc1cccc(-c2ccc(C(Oc3cc(-c4ccc(CC(N)C(=O)O)cc4)nc(N)n3)C(F)(F)F)cc2)c1. The first-order valence-corrected chi connectivity index (χ1v) is 12.7. The van der Waals surface area contributed by atoms with Crippen molar-refractivity contribution in [1.82, 2.24) is 14.9 Å². The fourth-order valence-electron chi connectivity index (χ4n) is 4.31. The Balaban J connectivity index is 1.57. The Morgan fingerprint density at radius 3 is 2.20 bits per heavy atom. The predicted octanol–water partition coefficient (Wildman–Crippen LogP) is 5.09. The van der Waals surface area contributed by atoms with Crippen LogP contribution >= 0.6 is 0 Å². The second-order valence-electron chi connectivity index (χ2n) is 9.90. The van der Waals surface area contributed by atoms with E-state index in [1.54, 1.807) is 36.4 Å². The number of hydrogen-bond acceptors (Lipinski definition) is 7. The maximum Gasteiger partial charge on any atom is 0.429 e. The van der Waals surface area contributed by atoms with E-state index in [9.17, 15) is 18.0 Å². The van der Waals surface area contributed by atoms with Crippen LogP contribution in [0.4, 0.5) is 19.1 Å². The monoisotopic (exact) mass is 565 g/mol. The molecule has 2 atom stereocenters. The summed E-state index contributed by atoms with van der Waals surface area (Å²) >= 11 is 0. The van der Waals surface area contributed by atoms with E-state index < -0.39 is 24.3 Å². The zero-order chi connectivity index (χ0) is 29.7. The molecular formula is C30H30F3N5O3. The average molecular weight is 566 g/mol. The Morgan fingerprint density at radius 1 is 0.927 bits per heavy atom. The summed E-state index contributed by atoms with van der Waals surface area (Å²) in [5.41, 5.74) is 15.5. The average Bonchev–Trinajstić information content (AvgIpc) is 2.91. The first kappa shape index (κ1) is 29.5. The van der Waals surface area contributed by atoms with Gasteiger partial charge in [0.1, 0.15) is 6.04 Å². The number of rotatable bonds is 10. The van der Waals surface area contributed by atoms with Crippen LogP contribution in [-0.4, -0.2) is 52.3 Å². The molecule has 4 aromatic rings. The van der Waals surface area contributed by atoms with Crippen molar-refractivity contribution >= 4 is 11.9 Å². The van der Waals surface area contributed by atoms with Gasteiger partial charge in [0.25, 0.3) is 0 Å². The van der Waals surface area contributed by atoms with Crippen LogP contribution < -0.4 is 16.2 Å². The summed E-state index contributed by atoms with van der Waals surface area (Å²) < 4.78 is 47.9. The first-order valence-electron chi connectivity index (χ1n) is 12.7. The number of carboxylic acids is 1. The highest BCUT2D eigenvalue weighted by Gasteiger charge is 2.43. The lowest BCUT2D eigenvalue weighted by atomic mass is 10.00. The molecule has 0 radical (unpaired) electrons. The number of nitrogens with zero attached hydrogens (tertiary/aromatic N) is 3. The summed E-state index contributed by atoms with van der Waals surface area (Å²) in [6, 6.07) is 20.7. The smallest absolute Gasteiger partial charge is 0.429 e. The molecule has 0 bridgehead atoms. The van der Waals surface area contributed by atoms with E-state index in [1.165, 1.54) is 18.2 Å². The van der Waals surface area contributed by atoms with Gasteiger partial charge in [-0.05, 0) is 48.8 Å². The second-order valence-corrected chi connectivity index (χ2v) is 9.90. The van der Waals surface area contributed by atoms with Crippen molar-refractivity contribution in [2.24, 2.45) is 5.73 Å². The molecule has 0 fully saturated rings. The maximum atomic E-state index is 14.2. The number of hydrogen-bond donors (Lipinski definition) is 3. The third-order valence-corrected chi connectivity index (χ3v) is 6.25. The number of halogens is 3. The van der Waals surface area contributed by atoms with Crippen LogP contribution in [-0.2, 0) is 17.8 Å². The molecule has 0 aliphatic heterocycles. The third kappa shape index (κ3) is 7.80. The van der Waals surface area contributed by atoms with Crippen LogP contribution in [0.25, 0.3) is 22.4 Å². The summed E-state index contributed by atoms with van der Waals surface area (Å²) in [4.78, 5) is 21.0. The largest absolute Gasteiger partial charge is 0.480 e. The van der Waals surface area contributed by atoms with Gasteiger partial charge in [0.05, 0.1) is 5.69 Å². The third-order valence-electron chi connectivity index (χ3n) is 6.25. The van der Waals surface area contributed by atoms with Gasteiger partial charge in [0.2, 0.25) is 17.9 Å². The topological polar surface area (TPSA) is 128 Å². The molecule has 4 rings (SSSR count). The molecule has 3 aromatic carbocycles. The van der Waals surface area contributed by atoms with Gasteiger partial charge in [-0.25, -0.2) is 4.98 Å². The van der Waals surface area contributed by atoms with Crippen LogP contribution in [0.1, 0.15) is 22.8 Å². The van der Waals surface area contributed by atoms with E-state index in [0.29, 0.717) is 11.1 Å². The molecule has 0 saturated carbocycles. The minimum Gasteiger partial charge on any atom is -0.480 e. The van der Waals surface area contributed by atoms with E-state index in [4.69, 9.17) is 21.3 Å². The van der Waals surface area contributed by atoms with E-state index in [-0.39, 0.29) is 29.5 Å². The van der Waals surface area contributed by atoms with E-state index >= 15 is 0 Å². The fraction of sp³-hybridized carbons (Fsp3) is 0.233. The van der Waals surface area contributed by atoms with E-state index in [0.717, 1.165) is 23.2 Å². The van der Waals surface area contributed by atoms with Crippen LogP contribution in [0.5, 0.6) is 5.88 Å². The molecule has 41 heavy (non-hydrogen) atoms. The van der Waals surface area contributed by atoms with Crippen molar-refractivity contribution in [2.45, 2.75) is 31.3 Å². The quantitative estimate of drug-likeness (QED) is 0.243. The van der Waals surface area contributed by atoms with Gasteiger partial charge in [-0.2, -0.15) is 18.2 Å². The molecule has 1 aromatic heterocycles. The fourth-order valence-corrected chi connectivity index (χ4v) is 4.31. The molecule has 1 heterocycles. The van der Waals surface area contributed by atoms with Gasteiger partial charge in [-0.3, -0.25) is 4.79 Å². The number of alkyl halides is 3. The Bertz CT molecular complexity index is 1490. The van der Waals surface area contributed by atoms with Crippen LogP contribution in [0.3, 0.4) is 0 Å². The maximum absolute atomic E-state index is 14.2. The minimum atomic E-state index is -4.74. The number of aliphatic carboxylic acids is 1. The van der Waals surface area contributed by atoms with Crippen molar-refractivity contribution in [3.05, 3.63) is 95.6 Å². The van der Waals surface area contributed by atoms with Gasteiger partial charge >= 0.3 is 12.1 Å². The molecule has 0 saturated heterocycles. The number of benzene rings is 3. The molecule has 214 valence electrons. The highest BCUT2D eigenvalue weighted by Crippen LogP contribution is 2.38. The molecule has 11 heteroatoms. The summed E-state index contributed by atoms with van der Waals surface area (Å²) in [5, 5.41) is 9.00. The van der Waals surface area contributed by atoms with Crippen molar-refractivity contribution < 1.29 is 27.8 Å². The second kappa shape index (κ2) is 12.4. The first-order chi connectivity index (χ1) is 19.4. The summed E-state index contributed by atoms with van der Waals surface area (Å²) in [7, 11) is 3.92. The molecule has 8 nitrogen and oxygen atoms in total. The number of aromatic nitrogens is 2. The Labute approximate surface area is 235 Å². The summed E-state index contributed by atoms with van der Waals surface area (Å²) in [5.74, 6) is -1.72. The molecule has 0 aliphatic carbocycles. The van der Waals surface area contributed by atoms with Crippen LogP contribution in [0.15, 0.2) is 78.9 Å². The van der Waals surface area contributed by atoms with Gasteiger partial charge in [-0.1, -0.05) is 66.7 Å². The number of carboxylic acid groups (broad SMARTS) is 1. The van der Waals surface area contributed by atoms with Gasteiger partial charge in [-0.15, -0.1) is 0 Å². The molecular weight excluding hydrogens is 535 g/mol. The number of ether oxygens (including phenoxy) is 1. The normalized spacial score (nSPS) is 13.1. The number of nitrogen functional groups attached to an aromatic ring is 1. The lowest BCUT2D eigenvalue weighted by Gasteiger charge is -2.22. The van der Waals surface area contributed by atoms with Crippen LogP contribution in [0, 0.1) is 0 Å².